The molecule has 2 aromatic carbocycles. The van der Waals surface area contributed by atoms with E-state index in [2.05, 4.69) is 15.9 Å². The molecule has 1 unspecified atom stereocenters. The zero-order valence-corrected chi connectivity index (χ0v) is 11.8. The second kappa shape index (κ2) is 5.63. The quantitative estimate of drug-likeness (QED) is 0.877. The monoisotopic (exact) mass is 327 g/mol. The summed E-state index contributed by atoms with van der Waals surface area (Å²) in [6.07, 6.45) is 0. The molecule has 0 aromatic heterocycles. The predicted octanol–water partition coefficient (Wildman–Crippen LogP) is 3.48. The maximum atomic E-state index is 13.5. The van der Waals surface area contributed by atoms with Crippen LogP contribution < -0.4 is 5.73 Å². The minimum absolute atomic E-state index is 0.118. The normalized spacial score (nSPS) is 12.3. The predicted molar refractivity (Wildman–Crippen MR) is 75.1 cm³/mol. The van der Waals surface area contributed by atoms with Gasteiger partial charge in [0, 0.05) is 15.7 Å². The van der Waals surface area contributed by atoms with Crippen molar-refractivity contribution in [3.8, 4) is 0 Å². The topological polar surface area (TPSA) is 43.1 Å². The Bertz CT molecular complexity index is 603. The highest BCUT2D eigenvalue weighted by Gasteiger charge is 2.11. The third kappa shape index (κ3) is 2.97. The van der Waals surface area contributed by atoms with E-state index in [0.29, 0.717) is 16.1 Å². The second-order valence-corrected chi connectivity index (χ2v) is 6.10. The number of benzene rings is 2. The molecule has 5 heteroatoms. The fraction of sp³-hybridized carbons (Fsp3) is 0.0769. The highest BCUT2D eigenvalue weighted by Crippen LogP contribution is 2.24. The van der Waals surface area contributed by atoms with Crippen LogP contribution in [0, 0.1) is 5.82 Å². The zero-order chi connectivity index (χ0) is 13.1. The molecule has 0 aliphatic heterocycles. The summed E-state index contributed by atoms with van der Waals surface area (Å²) in [6.45, 7) is 0. The number of nitrogens with two attached hydrogens (primary N) is 1. The maximum absolute atomic E-state index is 13.5. The Hall–Kier alpha value is -1.20. The molecule has 0 bridgehead atoms. The summed E-state index contributed by atoms with van der Waals surface area (Å²) in [7, 11) is -1.36. The number of halogens is 2. The summed E-state index contributed by atoms with van der Waals surface area (Å²) < 4.78 is 26.5. The fourth-order valence-electron chi connectivity index (χ4n) is 1.54. The molecule has 0 saturated carbocycles. The number of hydrogen-bond acceptors (Lipinski definition) is 2. The van der Waals surface area contributed by atoms with Gasteiger partial charge in [0.2, 0.25) is 0 Å². The van der Waals surface area contributed by atoms with Crippen LogP contribution in [0.4, 0.5) is 10.1 Å². The van der Waals surface area contributed by atoms with Crippen molar-refractivity contribution in [1.82, 2.24) is 0 Å². The summed E-state index contributed by atoms with van der Waals surface area (Å²) in [5.41, 5.74) is 6.65. The number of rotatable bonds is 3. The first-order valence-corrected chi connectivity index (χ1v) is 7.36. The molecule has 2 rings (SSSR count). The highest BCUT2D eigenvalue weighted by atomic mass is 79.9. The van der Waals surface area contributed by atoms with Gasteiger partial charge in [-0.2, -0.15) is 0 Å². The molecule has 18 heavy (non-hydrogen) atoms. The van der Waals surface area contributed by atoms with E-state index in [-0.39, 0.29) is 11.6 Å². The average Bonchev–Trinajstić information content (AvgIpc) is 2.35. The summed E-state index contributed by atoms with van der Waals surface area (Å²) in [6, 6.07) is 11.5. The van der Waals surface area contributed by atoms with Crippen LogP contribution in [0.1, 0.15) is 5.56 Å². The molecular formula is C13H11BrFNOS. The van der Waals surface area contributed by atoms with E-state index in [1.54, 1.807) is 36.4 Å². The average molecular weight is 328 g/mol. The Morgan fingerprint density at radius 2 is 1.94 bits per heavy atom. The second-order valence-electron chi connectivity index (χ2n) is 3.76. The van der Waals surface area contributed by atoms with Gasteiger partial charge in [-0.1, -0.05) is 34.1 Å². The van der Waals surface area contributed by atoms with Gasteiger partial charge in [-0.05, 0) is 24.3 Å². The zero-order valence-electron chi connectivity index (χ0n) is 9.40. The van der Waals surface area contributed by atoms with Crippen LogP contribution in [0.3, 0.4) is 0 Å². The number of anilines is 1. The SMILES string of the molecule is Nc1ccc(Br)cc1S(=O)Cc1ccccc1F. The molecule has 0 fully saturated rings. The fourth-order valence-corrected chi connectivity index (χ4v) is 3.31. The van der Waals surface area contributed by atoms with Gasteiger partial charge < -0.3 is 5.73 Å². The van der Waals surface area contributed by atoms with E-state index in [1.807, 2.05) is 0 Å². The van der Waals surface area contributed by atoms with Crippen LogP contribution >= 0.6 is 15.9 Å². The van der Waals surface area contributed by atoms with Crippen LogP contribution in [0.25, 0.3) is 0 Å². The van der Waals surface area contributed by atoms with Crippen LogP contribution in [0.5, 0.6) is 0 Å². The Kier molecular flexibility index (Phi) is 4.14. The highest BCUT2D eigenvalue weighted by molar-refractivity contribution is 9.10. The van der Waals surface area contributed by atoms with Crippen molar-refractivity contribution < 1.29 is 8.60 Å². The third-order valence-corrected chi connectivity index (χ3v) is 4.38. The van der Waals surface area contributed by atoms with E-state index < -0.39 is 10.8 Å². The van der Waals surface area contributed by atoms with Crippen molar-refractivity contribution in [3.63, 3.8) is 0 Å². The van der Waals surface area contributed by atoms with E-state index in [9.17, 15) is 8.60 Å². The summed E-state index contributed by atoms with van der Waals surface area (Å²) in [4.78, 5) is 0.521. The van der Waals surface area contributed by atoms with Gasteiger partial charge in [0.05, 0.1) is 21.4 Å². The van der Waals surface area contributed by atoms with Gasteiger partial charge in [-0.3, -0.25) is 4.21 Å². The molecular weight excluding hydrogens is 317 g/mol. The van der Waals surface area contributed by atoms with E-state index in [4.69, 9.17) is 5.73 Å². The molecule has 0 aliphatic rings. The van der Waals surface area contributed by atoms with Gasteiger partial charge in [0.1, 0.15) is 5.82 Å². The lowest BCUT2D eigenvalue weighted by Crippen LogP contribution is -2.02. The van der Waals surface area contributed by atoms with Gasteiger partial charge in [-0.15, -0.1) is 0 Å². The van der Waals surface area contributed by atoms with Crippen molar-refractivity contribution >= 4 is 32.4 Å². The van der Waals surface area contributed by atoms with Crippen LogP contribution in [0.2, 0.25) is 0 Å². The van der Waals surface area contributed by atoms with Crippen LogP contribution in [0.15, 0.2) is 51.8 Å². The first-order chi connectivity index (χ1) is 8.58. The molecule has 0 amide bonds. The van der Waals surface area contributed by atoms with E-state index >= 15 is 0 Å². The van der Waals surface area contributed by atoms with Crippen molar-refractivity contribution in [1.29, 1.82) is 0 Å². The molecule has 0 radical (unpaired) electrons. The lowest BCUT2D eigenvalue weighted by Gasteiger charge is -2.07. The van der Waals surface area contributed by atoms with Crippen LogP contribution in [-0.2, 0) is 16.6 Å². The van der Waals surface area contributed by atoms with Crippen LogP contribution in [-0.4, -0.2) is 4.21 Å². The van der Waals surface area contributed by atoms with Gasteiger partial charge >= 0.3 is 0 Å². The molecule has 0 saturated heterocycles. The molecule has 2 aromatic rings. The molecule has 0 heterocycles. The largest absolute Gasteiger partial charge is 0.398 e. The molecule has 94 valence electrons. The standard InChI is InChI=1S/C13H11BrFNOS/c14-10-5-6-12(16)13(7-10)18(17)8-9-3-1-2-4-11(9)15/h1-7H,8,16H2. The van der Waals surface area contributed by atoms with E-state index in [1.165, 1.54) is 6.07 Å². The van der Waals surface area contributed by atoms with Crippen molar-refractivity contribution in [2.24, 2.45) is 0 Å². The molecule has 0 spiro atoms. The Morgan fingerprint density at radius 1 is 1.22 bits per heavy atom. The molecule has 2 N–H and O–H groups in total. The minimum Gasteiger partial charge on any atom is -0.398 e. The summed E-state index contributed by atoms with van der Waals surface area (Å²) in [5, 5.41) is 0. The van der Waals surface area contributed by atoms with E-state index in [0.717, 1.165) is 4.47 Å². The molecule has 0 aliphatic carbocycles. The molecule has 2 nitrogen and oxygen atoms in total. The summed E-state index contributed by atoms with van der Waals surface area (Å²) in [5.74, 6) is -0.229. The smallest absolute Gasteiger partial charge is 0.127 e. The number of nitrogen functional groups attached to an aromatic ring is 1. The third-order valence-electron chi connectivity index (χ3n) is 2.47. The minimum atomic E-state index is -1.36. The number of hydrogen-bond donors (Lipinski definition) is 1. The lowest BCUT2D eigenvalue weighted by molar-refractivity contribution is 0.615. The Morgan fingerprint density at radius 3 is 2.67 bits per heavy atom. The van der Waals surface area contributed by atoms with Crippen molar-refractivity contribution in [2.75, 3.05) is 5.73 Å². The maximum Gasteiger partial charge on any atom is 0.127 e. The lowest BCUT2D eigenvalue weighted by atomic mass is 10.2. The van der Waals surface area contributed by atoms with Crippen molar-refractivity contribution in [2.45, 2.75) is 10.6 Å². The van der Waals surface area contributed by atoms with Gasteiger partial charge in [0.15, 0.2) is 0 Å². The first-order valence-electron chi connectivity index (χ1n) is 5.25. The first kappa shape index (κ1) is 13.2. The van der Waals surface area contributed by atoms with Gasteiger partial charge in [0.25, 0.3) is 0 Å². The Labute approximate surface area is 116 Å². The molecule has 1 atom stereocenters. The van der Waals surface area contributed by atoms with Gasteiger partial charge in [-0.25, -0.2) is 4.39 Å². The summed E-state index contributed by atoms with van der Waals surface area (Å²) >= 11 is 3.30. The Balaban J connectivity index is 2.28. The van der Waals surface area contributed by atoms with Crippen molar-refractivity contribution in [3.05, 3.63) is 58.3 Å².